The van der Waals surface area contributed by atoms with E-state index in [4.69, 9.17) is 17.3 Å². The average Bonchev–Trinajstić information content (AvgIpc) is 2.28. The van der Waals surface area contributed by atoms with Crippen LogP contribution >= 0.6 is 11.6 Å². The van der Waals surface area contributed by atoms with E-state index in [9.17, 15) is 5.11 Å². The number of halogens is 1. The van der Waals surface area contributed by atoms with E-state index in [0.29, 0.717) is 16.6 Å². The zero-order chi connectivity index (χ0) is 12.3. The van der Waals surface area contributed by atoms with Crippen molar-refractivity contribution < 1.29 is 5.11 Å². The molecule has 3 nitrogen and oxygen atoms in total. The molecule has 0 spiro atoms. The molecule has 17 heavy (non-hydrogen) atoms. The predicted molar refractivity (Wildman–Crippen MR) is 72.3 cm³/mol. The van der Waals surface area contributed by atoms with Crippen LogP contribution in [-0.4, -0.2) is 17.8 Å². The molecule has 1 saturated carbocycles. The molecule has 0 bridgehead atoms. The van der Waals surface area contributed by atoms with Gasteiger partial charge in [0, 0.05) is 11.6 Å². The van der Waals surface area contributed by atoms with Crippen LogP contribution in [-0.2, 0) is 0 Å². The Balaban J connectivity index is 1.88. The summed E-state index contributed by atoms with van der Waals surface area (Å²) in [5.41, 5.74) is 7.47. The van der Waals surface area contributed by atoms with Crippen LogP contribution in [0, 0.1) is 5.92 Å². The maximum Gasteiger partial charge on any atom is 0.0575 e. The molecule has 0 aromatic heterocycles. The highest BCUT2D eigenvalue weighted by Gasteiger charge is 2.19. The van der Waals surface area contributed by atoms with Crippen LogP contribution in [0.1, 0.15) is 25.7 Å². The molecule has 0 aliphatic heterocycles. The molecule has 0 radical (unpaired) electrons. The fraction of sp³-hybridized carbons (Fsp3) is 0.538. The largest absolute Gasteiger partial charge is 0.397 e. The number of aliphatic hydroxyl groups excluding tert-OH is 1. The number of anilines is 2. The van der Waals surface area contributed by atoms with Gasteiger partial charge in [-0.2, -0.15) is 0 Å². The molecule has 2 rings (SSSR count). The molecular weight excluding hydrogens is 236 g/mol. The van der Waals surface area contributed by atoms with Gasteiger partial charge in [0.25, 0.3) is 0 Å². The van der Waals surface area contributed by atoms with Gasteiger partial charge in [0.05, 0.1) is 17.5 Å². The summed E-state index contributed by atoms with van der Waals surface area (Å²) in [6.45, 7) is 0.864. The molecule has 4 heteroatoms. The molecule has 1 aliphatic rings. The van der Waals surface area contributed by atoms with Crippen molar-refractivity contribution in [3.8, 4) is 0 Å². The molecule has 1 fully saturated rings. The first-order valence-electron chi connectivity index (χ1n) is 6.12. The number of nitrogen functional groups attached to an aromatic ring is 1. The van der Waals surface area contributed by atoms with Crippen molar-refractivity contribution in [1.29, 1.82) is 0 Å². The predicted octanol–water partition coefficient (Wildman–Crippen LogP) is 2.89. The van der Waals surface area contributed by atoms with Crippen molar-refractivity contribution in [1.82, 2.24) is 0 Å². The average molecular weight is 255 g/mol. The van der Waals surface area contributed by atoms with Gasteiger partial charge in [-0.15, -0.1) is 0 Å². The van der Waals surface area contributed by atoms with Crippen LogP contribution in [0.15, 0.2) is 18.2 Å². The van der Waals surface area contributed by atoms with Gasteiger partial charge in [-0.05, 0) is 43.4 Å². The number of hydrogen-bond donors (Lipinski definition) is 3. The van der Waals surface area contributed by atoms with E-state index in [2.05, 4.69) is 5.32 Å². The van der Waals surface area contributed by atoms with Gasteiger partial charge >= 0.3 is 0 Å². The number of nitrogens with one attached hydrogen (secondary N) is 1. The van der Waals surface area contributed by atoms with E-state index >= 15 is 0 Å². The van der Waals surface area contributed by atoms with Crippen molar-refractivity contribution in [3.05, 3.63) is 23.2 Å². The maximum absolute atomic E-state index is 9.60. The second kappa shape index (κ2) is 5.61. The van der Waals surface area contributed by atoms with Gasteiger partial charge in [-0.1, -0.05) is 18.0 Å². The van der Waals surface area contributed by atoms with Crippen molar-refractivity contribution >= 4 is 23.0 Å². The minimum atomic E-state index is -0.127. The van der Waals surface area contributed by atoms with Crippen LogP contribution in [0.2, 0.25) is 5.02 Å². The second-order valence-corrected chi connectivity index (χ2v) is 5.24. The molecule has 4 N–H and O–H groups in total. The molecule has 1 aliphatic carbocycles. The van der Waals surface area contributed by atoms with Gasteiger partial charge in [0.1, 0.15) is 0 Å². The van der Waals surface area contributed by atoms with Gasteiger partial charge < -0.3 is 16.2 Å². The second-order valence-electron chi connectivity index (χ2n) is 4.80. The Hall–Kier alpha value is -0.930. The fourth-order valence-corrected chi connectivity index (χ4v) is 2.58. The maximum atomic E-state index is 9.60. The lowest BCUT2D eigenvalue weighted by Gasteiger charge is -2.26. The number of rotatable bonds is 3. The van der Waals surface area contributed by atoms with Crippen molar-refractivity contribution in [2.45, 2.75) is 31.8 Å². The number of hydrogen-bond acceptors (Lipinski definition) is 3. The normalized spacial score (nSPS) is 24.6. The van der Waals surface area contributed by atoms with E-state index in [1.54, 1.807) is 6.07 Å². The lowest BCUT2D eigenvalue weighted by molar-refractivity contribution is 0.105. The molecule has 2 unspecified atom stereocenters. The van der Waals surface area contributed by atoms with Gasteiger partial charge in [0.2, 0.25) is 0 Å². The summed E-state index contributed by atoms with van der Waals surface area (Å²) in [4.78, 5) is 0. The third-order valence-electron chi connectivity index (χ3n) is 3.35. The lowest BCUT2D eigenvalue weighted by Crippen LogP contribution is -2.25. The third kappa shape index (κ3) is 3.51. The summed E-state index contributed by atoms with van der Waals surface area (Å²) < 4.78 is 0. The summed E-state index contributed by atoms with van der Waals surface area (Å²) in [5.74, 6) is 0.536. The van der Waals surface area contributed by atoms with Crippen molar-refractivity contribution in [3.63, 3.8) is 0 Å². The van der Waals surface area contributed by atoms with Crippen LogP contribution in [0.4, 0.5) is 11.4 Å². The molecule has 0 heterocycles. The highest BCUT2D eigenvalue weighted by atomic mass is 35.5. The Labute approximate surface area is 107 Å². The monoisotopic (exact) mass is 254 g/mol. The van der Waals surface area contributed by atoms with Crippen LogP contribution in [0.5, 0.6) is 0 Å². The van der Waals surface area contributed by atoms with Crippen molar-refractivity contribution in [2.75, 3.05) is 17.6 Å². The summed E-state index contributed by atoms with van der Waals surface area (Å²) in [5, 5.41) is 13.6. The minimum absolute atomic E-state index is 0.127. The van der Waals surface area contributed by atoms with Crippen LogP contribution < -0.4 is 11.1 Å². The van der Waals surface area contributed by atoms with E-state index < -0.39 is 0 Å². The van der Waals surface area contributed by atoms with Crippen molar-refractivity contribution in [2.24, 2.45) is 5.92 Å². The van der Waals surface area contributed by atoms with Crippen LogP contribution in [0.25, 0.3) is 0 Å². The minimum Gasteiger partial charge on any atom is -0.397 e. The standard InChI is InChI=1S/C13H19ClN2O/c14-10-4-5-13(12(15)7-10)16-8-9-2-1-3-11(17)6-9/h4-5,7,9,11,16-17H,1-3,6,8,15H2. The summed E-state index contributed by atoms with van der Waals surface area (Å²) >= 11 is 5.84. The number of aliphatic hydroxyl groups is 1. The lowest BCUT2D eigenvalue weighted by atomic mass is 9.87. The zero-order valence-electron chi connectivity index (χ0n) is 9.82. The molecule has 2 atom stereocenters. The number of nitrogens with two attached hydrogens (primary N) is 1. The quantitative estimate of drug-likeness (QED) is 0.727. The topological polar surface area (TPSA) is 58.3 Å². The Morgan fingerprint density at radius 3 is 2.94 bits per heavy atom. The highest BCUT2D eigenvalue weighted by Crippen LogP contribution is 2.27. The van der Waals surface area contributed by atoms with Gasteiger partial charge in [0.15, 0.2) is 0 Å². The van der Waals surface area contributed by atoms with E-state index in [0.717, 1.165) is 31.5 Å². The fourth-order valence-electron chi connectivity index (χ4n) is 2.40. The molecule has 94 valence electrons. The first-order chi connectivity index (χ1) is 8.15. The Morgan fingerprint density at radius 2 is 2.24 bits per heavy atom. The Kier molecular flexibility index (Phi) is 4.13. The highest BCUT2D eigenvalue weighted by molar-refractivity contribution is 6.31. The molecule has 0 saturated heterocycles. The van der Waals surface area contributed by atoms with E-state index in [1.165, 1.54) is 6.42 Å². The Bertz CT molecular complexity index is 384. The van der Waals surface area contributed by atoms with Gasteiger partial charge in [-0.25, -0.2) is 0 Å². The third-order valence-corrected chi connectivity index (χ3v) is 3.59. The summed E-state index contributed by atoms with van der Waals surface area (Å²) in [6, 6.07) is 5.48. The number of benzene rings is 1. The zero-order valence-corrected chi connectivity index (χ0v) is 10.6. The molecule has 0 amide bonds. The first-order valence-corrected chi connectivity index (χ1v) is 6.50. The van der Waals surface area contributed by atoms with Crippen LogP contribution in [0.3, 0.4) is 0 Å². The smallest absolute Gasteiger partial charge is 0.0575 e. The van der Waals surface area contributed by atoms with E-state index in [1.807, 2.05) is 12.1 Å². The molecular formula is C13H19ClN2O. The molecule has 1 aromatic carbocycles. The summed E-state index contributed by atoms with van der Waals surface area (Å²) in [6.07, 6.45) is 4.00. The summed E-state index contributed by atoms with van der Waals surface area (Å²) in [7, 11) is 0. The molecule has 1 aromatic rings. The van der Waals surface area contributed by atoms with E-state index in [-0.39, 0.29) is 6.10 Å². The Morgan fingerprint density at radius 1 is 1.41 bits per heavy atom. The first kappa shape index (κ1) is 12.5. The van der Waals surface area contributed by atoms with Gasteiger partial charge in [-0.3, -0.25) is 0 Å². The SMILES string of the molecule is Nc1cc(Cl)ccc1NCC1CCCC(O)C1.